The number of benzene rings is 1. The first-order chi connectivity index (χ1) is 13.7. The molecule has 0 spiro atoms. The van der Waals surface area contributed by atoms with E-state index >= 15 is 0 Å². The van der Waals surface area contributed by atoms with Crippen LogP contribution in [0.5, 0.6) is 0 Å². The summed E-state index contributed by atoms with van der Waals surface area (Å²) >= 11 is 0. The van der Waals surface area contributed by atoms with Gasteiger partial charge in [0.15, 0.2) is 5.78 Å². The average molecular weight is 374 g/mol. The standard InChI is InChI=1S/C21H22N6O/c22-11-15-3-1-5-17(9-15)24-12-18(28)10-16-4-2-8-27(13-16)21-19-6-7-23-20(19)25-14-26-21/h1,3,5-7,9,14,16,24H,2,4,8,10,12-13H2,(H,23,25,26)/t16-/m0/s1. The summed E-state index contributed by atoms with van der Waals surface area (Å²) in [6, 6.07) is 11.3. The molecule has 3 aromatic rings. The number of nitriles is 1. The predicted octanol–water partition coefficient (Wildman–Crippen LogP) is 3.12. The van der Waals surface area contributed by atoms with E-state index in [4.69, 9.17) is 5.26 Å². The van der Waals surface area contributed by atoms with Gasteiger partial charge >= 0.3 is 0 Å². The Morgan fingerprint density at radius 1 is 1.36 bits per heavy atom. The monoisotopic (exact) mass is 374 g/mol. The molecular formula is C21H22N6O. The molecule has 1 aromatic carbocycles. The number of aromatic amines is 1. The Hall–Kier alpha value is -3.40. The molecule has 1 saturated heterocycles. The number of anilines is 2. The van der Waals surface area contributed by atoms with Crippen molar-refractivity contribution in [1.29, 1.82) is 5.26 Å². The predicted molar refractivity (Wildman–Crippen MR) is 108 cm³/mol. The van der Waals surface area contributed by atoms with Crippen LogP contribution in [0.1, 0.15) is 24.8 Å². The Bertz CT molecular complexity index is 1020. The molecule has 3 heterocycles. The van der Waals surface area contributed by atoms with Crippen molar-refractivity contribution < 1.29 is 4.79 Å². The van der Waals surface area contributed by atoms with Crippen LogP contribution in [0, 0.1) is 17.2 Å². The van der Waals surface area contributed by atoms with Crippen molar-refractivity contribution in [3.63, 3.8) is 0 Å². The van der Waals surface area contributed by atoms with Gasteiger partial charge in [-0.05, 0) is 43.0 Å². The number of rotatable bonds is 6. The Morgan fingerprint density at radius 2 is 2.29 bits per heavy atom. The number of carbonyl (C=O) groups excluding carboxylic acids is 1. The number of hydrogen-bond acceptors (Lipinski definition) is 6. The molecule has 0 unspecified atom stereocenters. The molecular weight excluding hydrogens is 352 g/mol. The van der Waals surface area contributed by atoms with Crippen molar-refractivity contribution in [2.75, 3.05) is 29.9 Å². The van der Waals surface area contributed by atoms with E-state index in [9.17, 15) is 4.79 Å². The number of nitrogens with zero attached hydrogens (tertiary/aromatic N) is 4. The zero-order chi connectivity index (χ0) is 19.3. The van der Waals surface area contributed by atoms with Crippen LogP contribution in [0.3, 0.4) is 0 Å². The SMILES string of the molecule is N#Cc1cccc(NCC(=O)C[C@@H]2CCCN(c3ncnc4[nH]ccc34)C2)c1. The fraction of sp³-hybridized carbons (Fsp3) is 0.333. The van der Waals surface area contributed by atoms with E-state index in [1.165, 1.54) is 0 Å². The number of H-pyrrole nitrogens is 1. The van der Waals surface area contributed by atoms with E-state index in [0.717, 1.165) is 48.5 Å². The largest absolute Gasteiger partial charge is 0.378 e. The highest BCUT2D eigenvalue weighted by atomic mass is 16.1. The van der Waals surface area contributed by atoms with Gasteiger partial charge in [0.2, 0.25) is 0 Å². The summed E-state index contributed by atoms with van der Waals surface area (Å²) in [6.07, 6.45) is 6.10. The summed E-state index contributed by atoms with van der Waals surface area (Å²) in [6.45, 7) is 2.05. The normalized spacial score (nSPS) is 16.7. The van der Waals surface area contributed by atoms with E-state index in [-0.39, 0.29) is 12.3 Å². The van der Waals surface area contributed by atoms with Crippen LogP contribution in [0.4, 0.5) is 11.5 Å². The van der Waals surface area contributed by atoms with Gasteiger partial charge in [0.25, 0.3) is 0 Å². The van der Waals surface area contributed by atoms with E-state index < -0.39 is 0 Å². The zero-order valence-electron chi connectivity index (χ0n) is 15.6. The Balaban J connectivity index is 1.35. The van der Waals surface area contributed by atoms with E-state index in [2.05, 4.69) is 31.2 Å². The first-order valence-corrected chi connectivity index (χ1v) is 9.51. The smallest absolute Gasteiger partial charge is 0.152 e. The summed E-state index contributed by atoms with van der Waals surface area (Å²) in [5, 5.41) is 13.1. The zero-order valence-corrected chi connectivity index (χ0v) is 15.6. The van der Waals surface area contributed by atoms with Crippen LogP contribution in [0.2, 0.25) is 0 Å². The number of ketones is 1. The second-order valence-corrected chi connectivity index (χ2v) is 7.18. The van der Waals surface area contributed by atoms with Crippen molar-refractivity contribution in [2.45, 2.75) is 19.3 Å². The van der Waals surface area contributed by atoms with Gasteiger partial charge < -0.3 is 15.2 Å². The van der Waals surface area contributed by atoms with Gasteiger partial charge in [-0.1, -0.05) is 6.07 Å². The number of piperidine rings is 1. The van der Waals surface area contributed by atoms with E-state index in [1.807, 2.05) is 24.4 Å². The van der Waals surface area contributed by atoms with Gasteiger partial charge in [0.1, 0.15) is 17.8 Å². The lowest BCUT2D eigenvalue weighted by Crippen LogP contribution is -2.37. The number of fused-ring (bicyclic) bond motifs is 1. The van der Waals surface area contributed by atoms with Crippen molar-refractivity contribution in [3.05, 3.63) is 48.4 Å². The highest BCUT2D eigenvalue weighted by Gasteiger charge is 2.24. The minimum atomic E-state index is 0.184. The molecule has 0 radical (unpaired) electrons. The Labute approximate surface area is 163 Å². The molecule has 28 heavy (non-hydrogen) atoms. The fourth-order valence-corrected chi connectivity index (χ4v) is 3.83. The number of aromatic nitrogens is 3. The summed E-state index contributed by atoms with van der Waals surface area (Å²) in [5.74, 6) is 1.44. The maximum Gasteiger partial charge on any atom is 0.152 e. The molecule has 0 bridgehead atoms. The maximum absolute atomic E-state index is 12.5. The van der Waals surface area contributed by atoms with E-state index in [0.29, 0.717) is 17.9 Å². The third kappa shape index (κ3) is 3.96. The van der Waals surface area contributed by atoms with Gasteiger partial charge in [0, 0.05) is 31.4 Å². The lowest BCUT2D eigenvalue weighted by atomic mass is 9.92. The molecule has 0 aliphatic carbocycles. The second kappa shape index (κ2) is 8.09. The van der Waals surface area contributed by atoms with Crippen molar-refractivity contribution in [1.82, 2.24) is 15.0 Å². The summed E-state index contributed by atoms with van der Waals surface area (Å²) in [5.41, 5.74) is 2.22. The van der Waals surface area contributed by atoms with Crippen LogP contribution in [0.15, 0.2) is 42.9 Å². The lowest BCUT2D eigenvalue weighted by molar-refractivity contribution is -0.118. The first-order valence-electron chi connectivity index (χ1n) is 9.51. The summed E-state index contributed by atoms with van der Waals surface area (Å²) in [4.78, 5) is 26.6. The summed E-state index contributed by atoms with van der Waals surface area (Å²) < 4.78 is 0. The fourth-order valence-electron chi connectivity index (χ4n) is 3.83. The molecule has 2 aromatic heterocycles. The van der Waals surface area contributed by atoms with Crippen LogP contribution in [0.25, 0.3) is 11.0 Å². The topological polar surface area (TPSA) is 97.7 Å². The molecule has 4 rings (SSSR count). The number of Topliss-reactive ketones (excluding diaryl/α,β-unsaturated/α-hetero) is 1. The van der Waals surface area contributed by atoms with Gasteiger partial charge in [-0.3, -0.25) is 4.79 Å². The molecule has 1 aliphatic heterocycles. The lowest BCUT2D eigenvalue weighted by Gasteiger charge is -2.33. The van der Waals surface area contributed by atoms with E-state index in [1.54, 1.807) is 18.5 Å². The van der Waals surface area contributed by atoms with Gasteiger partial charge in [-0.25, -0.2) is 9.97 Å². The van der Waals surface area contributed by atoms with Gasteiger partial charge in [-0.15, -0.1) is 0 Å². The van der Waals surface area contributed by atoms with Crippen LogP contribution >= 0.6 is 0 Å². The van der Waals surface area contributed by atoms with Crippen molar-refractivity contribution >= 4 is 28.3 Å². The molecule has 7 heteroatoms. The molecule has 1 aliphatic rings. The molecule has 1 fully saturated rings. The van der Waals surface area contributed by atoms with Crippen molar-refractivity contribution in [3.8, 4) is 6.07 Å². The quantitative estimate of drug-likeness (QED) is 0.688. The minimum Gasteiger partial charge on any atom is -0.378 e. The molecule has 1 atom stereocenters. The molecule has 7 nitrogen and oxygen atoms in total. The second-order valence-electron chi connectivity index (χ2n) is 7.18. The summed E-state index contributed by atoms with van der Waals surface area (Å²) in [7, 11) is 0. The van der Waals surface area contributed by atoms with Crippen LogP contribution in [-0.4, -0.2) is 40.4 Å². The number of nitrogens with one attached hydrogen (secondary N) is 2. The number of hydrogen-bond donors (Lipinski definition) is 2. The molecule has 2 N–H and O–H groups in total. The van der Waals surface area contributed by atoms with Gasteiger partial charge in [0.05, 0.1) is 23.6 Å². The first kappa shape index (κ1) is 18.0. The Morgan fingerprint density at radius 3 is 3.18 bits per heavy atom. The molecule has 142 valence electrons. The average Bonchev–Trinajstić information content (AvgIpc) is 3.21. The molecule has 0 saturated carbocycles. The third-order valence-corrected chi connectivity index (χ3v) is 5.15. The van der Waals surface area contributed by atoms with Crippen LogP contribution < -0.4 is 10.2 Å². The highest BCUT2D eigenvalue weighted by Crippen LogP contribution is 2.28. The van der Waals surface area contributed by atoms with Gasteiger partial charge in [-0.2, -0.15) is 5.26 Å². The Kier molecular flexibility index (Phi) is 5.20. The third-order valence-electron chi connectivity index (χ3n) is 5.15. The van der Waals surface area contributed by atoms with Crippen molar-refractivity contribution in [2.24, 2.45) is 5.92 Å². The maximum atomic E-state index is 12.5. The highest BCUT2D eigenvalue weighted by molar-refractivity contribution is 5.87. The minimum absolute atomic E-state index is 0.184. The number of carbonyl (C=O) groups is 1. The van der Waals surface area contributed by atoms with Crippen LogP contribution in [-0.2, 0) is 4.79 Å². The molecule has 0 amide bonds.